The molecule has 9 nitrogen and oxygen atoms in total. The first-order valence-electron chi connectivity index (χ1n) is 7.85. The molecule has 0 unspecified atom stereocenters. The van der Waals surface area contributed by atoms with Crippen LogP contribution in [0.15, 0.2) is 35.4 Å². The van der Waals surface area contributed by atoms with Gasteiger partial charge in [0.2, 0.25) is 0 Å². The molecule has 3 rings (SSSR count). The molecule has 1 aromatic rings. The fraction of sp³-hybridized carbons (Fsp3) is 0.562. The Morgan fingerprint density at radius 1 is 1.32 bits per heavy atom. The van der Waals surface area contributed by atoms with Crippen LogP contribution >= 0.6 is 0 Å². The first-order valence-corrected chi connectivity index (χ1v) is 7.85. The number of ether oxygens (including phenoxy) is 5. The second-order valence-electron chi connectivity index (χ2n) is 5.72. The highest BCUT2D eigenvalue weighted by Crippen LogP contribution is 2.36. The van der Waals surface area contributed by atoms with Gasteiger partial charge in [0.25, 0.3) is 0 Å². The summed E-state index contributed by atoms with van der Waals surface area (Å²) in [6.45, 7) is 1.50. The highest BCUT2D eigenvalue weighted by molar-refractivity contribution is 5.66. The Bertz CT molecular complexity index is 651. The second kappa shape index (κ2) is 7.81. The van der Waals surface area contributed by atoms with Crippen molar-refractivity contribution >= 4 is 5.97 Å². The molecule has 0 saturated carbocycles. The molecule has 2 aliphatic heterocycles. The number of hydrogen-bond acceptors (Lipinski definition) is 7. The standard InChI is InChI=1S/C16H19N3O6/c1-9(20)23-14-12(18-19-17)13-11(24-16(14)21-2)8-22-15(25-13)10-6-4-3-5-7-10/h3-7,11-16H,8H2,1-2H3/t11-,12-,13+,14-,15+,16+/m1/s1. The fourth-order valence-corrected chi connectivity index (χ4v) is 3.04. The Hall–Kier alpha value is -2.16. The summed E-state index contributed by atoms with van der Waals surface area (Å²) in [5, 5.41) is 3.79. The normalized spacial score (nSPS) is 34.5. The van der Waals surface area contributed by atoms with Gasteiger partial charge in [0.1, 0.15) is 18.2 Å². The Balaban J connectivity index is 1.86. The zero-order valence-electron chi connectivity index (χ0n) is 13.8. The van der Waals surface area contributed by atoms with Gasteiger partial charge in [-0.15, -0.1) is 0 Å². The van der Waals surface area contributed by atoms with Crippen LogP contribution in [-0.4, -0.2) is 50.3 Å². The van der Waals surface area contributed by atoms with Gasteiger partial charge in [0.15, 0.2) is 18.7 Å². The van der Waals surface area contributed by atoms with Crippen LogP contribution in [-0.2, 0) is 28.5 Å². The third-order valence-electron chi connectivity index (χ3n) is 4.10. The number of carbonyl (C=O) groups excluding carboxylic acids is 1. The van der Waals surface area contributed by atoms with Crippen molar-refractivity contribution in [3.05, 3.63) is 46.3 Å². The fourth-order valence-electron chi connectivity index (χ4n) is 3.04. The average Bonchev–Trinajstić information content (AvgIpc) is 2.63. The summed E-state index contributed by atoms with van der Waals surface area (Å²) < 4.78 is 28.0. The monoisotopic (exact) mass is 349 g/mol. The zero-order valence-corrected chi connectivity index (χ0v) is 13.8. The summed E-state index contributed by atoms with van der Waals surface area (Å²) >= 11 is 0. The first kappa shape index (κ1) is 17.7. The minimum atomic E-state index is -0.908. The molecule has 0 amide bonds. The lowest BCUT2D eigenvalue weighted by molar-refractivity contribution is -0.338. The van der Waals surface area contributed by atoms with Crippen molar-refractivity contribution in [2.24, 2.45) is 5.11 Å². The maximum atomic E-state index is 11.4. The molecule has 2 aliphatic rings. The molecule has 0 radical (unpaired) electrons. The Labute approximate surface area is 144 Å². The van der Waals surface area contributed by atoms with E-state index in [1.807, 2.05) is 30.3 Å². The van der Waals surface area contributed by atoms with Crippen LogP contribution in [0, 0.1) is 0 Å². The number of benzene rings is 1. The smallest absolute Gasteiger partial charge is 0.303 e. The van der Waals surface area contributed by atoms with Gasteiger partial charge in [-0.25, -0.2) is 0 Å². The molecular weight excluding hydrogens is 330 g/mol. The van der Waals surface area contributed by atoms with E-state index in [2.05, 4.69) is 10.0 Å². The van der Waals surface area contributed by atoms with Gasteiger partial charge in [-0.3, -0.25) is 4.79 Å². The van der Waals surface area contributed by atoms with Crippen LogP contribution in [0.3, 0.4) is 0 Å². The number of hydrogen-bond donors (Lipinski definition) is 0. The summed E-state index contributed by atoms with van der Waals surface area (Å²) in [4.78, 5) is 14.3. The van der Waals surface area contributed by atoms with Crippen LogP contribution in [0.2, 0.25) is 0 Å². The molecule has 6 atom stereocenters. The maximum Gasteiger partial charge on any atom is 0.303 e. The molecule has 2 heterocycles. The van der Waals surface area contributed by atoms with Gasteiger partial charge >= 0.3 is 5.97 Å². The molecule has 0 aromatic heterocycles. The number of carbonyl (C=O) groups is 1. The van der Waals surface area contributed by atoms with Crippen molar-refractivity contribution < 1.29 is 28.5 Å². The predicted octanol–water partition coefficient (Wildman–Crippen LogP) is 2.08. The zero-order chi connectivity index (χ0) is 17.8. The van der Waals surface area contributed by atoms with E-state index < -0.39 is 42.9 Å². The summed E-state index contributed by atoms with van der Waals surface area (Å²) in [5.74, 6) is -0.529. The molecule has 2 saturated heterocycles. The summed E-state index contributed by atoms with van der Waals surface area (Å²) in [7, 11) is 1.42. The minimum Gasteiger partial charge on any atom is -0.457 e. The summed E-state index contributed by atoms with van der Waals surface area (Å²) in [6, 6.07) is 8.59. The van der Waals surface area contributed by atoms with Crippen LogP contribution in [0.25, 0.3) is 10.4 Å². The number of nitrogens with zero attached hydrogens (tertiary/aromatic N) is 3. The highest BCUT2D eigenvalue weighted by atomic mass is 16.8. The highest BCUT2D eigenvalue weighted by Gasteiger charge is 2.51. The number of esters is 1. The number of rotatable bonds is 4. The van der Waals surface area contributed by atoms with Crippen molar-refractivity contribution in [1.29, 1.82) is 0 Å². The molecule has 0 aliphatic carbocycles. The van der Waals surface area contributed by atoms with Crippen molar-refractivity contribution in [1.82, 2.24) is 0 Å². The van der Waals surface area contributed by atoms with Crippen molar-refractivity contribution in [2.45, 2.75) is 43.9 Å². The largest absolute Gasteiger partial charge is 0.457 e. The lowest BCUT2D eigenvalue weighted by atomic mass is 9.95. The number of azide groups is 1. The van der Waals surface area contributed by atoms with Crippen molar-refractivity contribution in [2.75, 3.05) is 13.7 Å². The molecular formula is C16H19N3O6. The van der Waals surface area contributed by atoms with Crippen molar-refractivity contribution in [3.8, 4) is 0 Å². The van der Waals surface area contributed by atoms with Crippen LogP contribution < -0.4 is 0 Å². The van der Waals surface area contributed by atoms with Crippen molar-refractivity contribution in [3.63, 3.8) is 0 Å². The Kier molecular flexibility index (Phi) is 5.52. The van der Waals surface area contributed by atoms with E-state index in [0.717, 1.165) is 5.56 Å². The molecule has 134 valence electrons. The quantitative estimate of drug-likeness (QED) is 0.356. The average molecular weight is 349 g/mol. The van der Waals surface area contributed by atoms with Crippen LogP contribution in [0.4, 0.5) is 0 Å². The molecule has 25 heavy (non-hydrogen) atoms. The molecule has 0 spiro atoms. The second-order valence-corrected chi connectivity index (χ2v) is 5.72. The van der Waals surface area contributed by atoms with E-state index in [0.29, 0.717) is 0 Å². The van der Waals surface area contributed by atoms with E-state index in [9.17, 15) is 4.79 Å². The molecule has 0 N–H and O–H groups in total. The number of methoxy groups -OCH3 is 1. The van der Waals surface area contributed by atoms with E-state index in [-0.39, 0.29) is 6.61 Å². The SMILES string of the molecule is CO[C@H]1O[C@@H]2CO[C@H](c3ccccc3)O[C@@H]2[C@@H](N=[N+]=[N-])[C@H]1OC(C)=O. The van der Waals surface area contributed by atoms with Crippen LogP contribution in [0.1, 0.15) is 18.8 Å². The van der Waals surface area contributed by atoms with Gasteiger partial charge in [0, 0.05) is 24.5 Å². The topological polar surface area (TPSA) is 112 Å². The van der Waals surface area contributed by atoms with Crippen LogP contribution in [0.5, 0.6) is 0 Å². The van der Waals surface area contributed by atoms with E-state index >= 15 is 0 Å². The summed E-state index contributed by atoms with van der Waals surface area (Å²) in [6.07, 6.45) is -3.55. The predicted molar refractivity (Wildman–Crippen MR) is 84.2 cm³/mol. The molecule has 0 bridgehead atoms. The Morgan fingerprint density at radius 3 is 2.72 bits per heavy atom. The van der Waals surface area contributed by atoms with E-state index in [1.165, 1.54) is 14.0 Å². The lowest BCUT2D eigenvalue weighted by Gasteiger charge is -2.47. The van der Waals surface area contributed by atoms with Gasteiger partial charge in [-0.05, 0) is 5.53 Å². The van der Waals surface area contributed by atoms with Gasteiger partial charge in [-0.1, -0.05) is 35.4 Å². The maximum absolute atomic E-state index is 11.4. The summed E-state index contributed by atoms with van der Waals surface area (Å²) in [5.41, 5.74) is 9.78. The third-order valence-corrected chi connectivity index (χ3v) is 4.10. The molecule has 2 fully saturated rings. The van der Waals surface area contributed by atoms with Gasteiger partial charge < -0.3 is 23.7 Å². The van der Waals surface area contributed by atoms with Gasteiger partial charge in [0.05, 0.1) is 6.61 Å². The van der Waals surface area contributed by atoms with E-state index in [1.54, 1.807) is 0 Å². The molecule has 9 heteroatoms. The molecule has 1 aromatic carbocycles. The first-order chi connectivity index (χ1) is 12.1. The Morgan fingerprint density at radius 2 is 2.08 bits per heavy atom. The minimum absolute atomic E-state index is 0.230. The third kappa shape index (κ3) is 3.76. The van der Waals surface area contributed by atoms with E-state index in [4.69, 9.17) is 29.2 Å². The lowest BCUT2D eigenvalue weighted by Crippen LogP contribution is -2.62. The van der Waals surface area contributed by atoms with Gasteiger partial charge in [-0.2, -0.15) is 0 Å². The number of fused-ring (bicyclic) bond motifs is 1.